The molecule has 0 unspecified atom stereocenters. The second-order valence-corrected chi connectivity index (χ2v) is 5.87. The normalized spacial score (nSPS) is 10.4. The lowest BCUT2D eigenvalue weighted by Gasteiger charge is -2.00. The van der Waals surface area contributed by atoms with Crippen molar-refractivity contribution in [3.05, 3.63) is 38.3 Å². The van der Waals surface area contributed by atoms with Crippen molar-refractivity contribution in [1.29, 1.82) is 0 Å². The van der Waals surface area contributed by atoms with Gasteiger partial charge in [-0.1, -0.05) is 27.5 Å². The number of methoxy groups -OCH3 is 1. The predicted octanol–water partition coefficient (Wildman–Crippen LogP) is 4.32. The highest BCUT2D eigenvalue weighted by molar-refractivity contribution is 9.10. The molecule has 1 heterocycles. The summed E-state index contributed by atoms with van der Waals surface area (Å²) in [5.74, 6) is -0.371. The predicted molar refractivity (Wildman–Crippen MR) is 76.3 cm³/mol. The molecule has 0 amide bonds. The molecule has 0 bridgehead atoms. The van der Waals surface area contributed by atoms with Crippen molar-refractivity contribution in [2.75, 3.05) is 7.11 Å². The van der Waals surface area contributed by atoms with Crippen LogP contribution in [0.2, 0.25) is 5.02 Å². The van der Waals surface area contributed by atoms with Crippen LogP contribution in [-0.2, 0) is 4.74 Å². The first kappa shape index (κ1) is 13.5. The summed E-state index contributed by atoms with van der Waals surface area (Å²) in [6, 6.07) is 5.55. The van der Waals surface area contributed by atoms with Crippen LogP contribution >= 0.6 is 38.9 Å². The van der Waals surface area contributed by atoms with E-state index in [1.54, 1.807) is 13.0 Å². The number of thiazole rings is 1. The molecule has 18 heavy (non-hydrogen) atoms. The summed E-state index contributed by atoms with van der Waals surface area (Å²) >= 11 is 10.8. The maximum atomic E-state index is 11.5. The number of nitrogens with zero attached hydrogens (tertiary/aromatic N) is 1. The van der Waals surface area contributed by atoms with Crippen LogP contribution in [0.25, 0.3) is 10.6 Å². The Morgan fingerprint density at radius 2 is 2.22 bits per heavy atom. The molecule has 6 heteroatoms. The Kier molecular flexibility index (Phi) is 4.04. The maximum Gasteiger partial charge on any atom is 0.349 e. The van der Waals surface area contributed by atoms with E-state index in [0.29, 0.717) is 20.6 Å². The summed E-state index contributed by atoms with van der Waals surface area (Å²) in [7, 11) is 1.35. The fraction of sp³-hybridized carbons (Fsp3) is 0.167. The Bertz CT molecular complexity index is 612. The average Bonchev–Trinajstić information content (AvgIpc) is 2.70. The van der Waals surface area contributed by atoms with Gasteiger partial charge in [0.1, 0.15) is 9.88 Å². The van der Waals surface area contributed by atoms with Gasteiger partial charge in [0.2, 0.25) is 0 Å². The van der Waals surface area contributed by atoms with Gasteiger partial charge in [-0.25, -0.2) is 9.78 Å². The number of ether oxygens (including phenoxy) is 1. The summed E-state index contributed by atoms with van der Waals surface area (Å²) < 4.78 is 5.61. The largest absolute Gasteiger partial charge is 0.465 e. The molecule has 0 saturated carbocycles. The number of hydrogen-bond donors (Lipinski definition) is 0. The minimum absolute atomic E-state index is 0.371. The van der Waals surface area contributed by atoms with Gasteiger partial charge in [-0.3, -0.25) is 0 Å². The van der Waals surface area contributed by atoms with Crippen LogP contribution in [0.4, 0.5) is 0 Å². The van der Waals surface area contributed by atoms with Gasteiger partial charge in [-0.2, -0.15) is 0 Å². The molecule has 94 valence electrons. The molecule has 0 radical (unpaired) electrons. The first-order valence-electron chi connectivity index (χ1n) is 5.04. The van der Waals surface area contributed by atoms with Crippen molar-refractivity contribution in [3.8, 4) is 10.6 Å². The van der Waals surface area contributed by atoms with Crippen LogP contribution in [-0.4, -0.2) is 18.1 Å². The van der Waals surface area contributed by atoms with Gasteiger partial charge < -0.3 is 4.74 Å². The number of carbonyl (C=O) groups is 1. The number of rotatable bonds is 2. The number of hydrogen-bond acceptors (Lipinski definition) is 4. The van der Waals surface area contributed by atoms with Gasteiger partial charge in [0.15, 0.2) is 0 Å². The van der Waals surface area contributed by atoms with Crippen LogP contribution in [0, 0.1) is 6.92 Å². The minimum atomic E-state index is -0.371. The van der Waals surface area contributed by atoms with E-state index in [0.717, 1.165) is 10.0 Å². The van der Waals surface area contributed by atoms with Crippen LogP contribution < -0.4 is 0 Å². The number of aromatic nitrogens is 1. The zero-order chi connectivity index (χ0) is 13.3. The summed E-state index contributed by atoms with van der Waals surface area (Å²) in [5.41, 5.74) is 1.46. The van der Waals surface area contributed by atoms with Crippen LogP contribution in [0.5, 0.6) is 0 Å². The molecule has 1 aromatic carbocycles. The summed E-state index contributed by atoms with van der Waals surface area (Å²) in [6.07, 6.45) is 0. The van der Waals surface area contributed by atoms with E-state index in [1.807, 2.05) is 12.1 Å². The summed E-state index contributed by atoms with van der Waals surface area (Å²) in [6.45, 7) is 1.78. The number of aryl methyl sites for hydroxylation is 1. The van der Waals surface area contributed by atoms with E-state index in [4.69, 9.17) is 16.3 Å². The molecule has 0 spiro atoms. The number of carbonyl (C=O) groups excluding carboxylic acids is 1. The monoisotopic (exact) mass is 345 g/mol. The van der Waals surface area contributed by atoms with E-state index in [-0.39, 0.29) is 5.97 Å². The highest BCUT2D eigenvalue weighted by atomic mass is 79.9. The van der Waals surface area contributed by atoms with E-state index in [2.05, 4.69) is 20.9 Å². The maximum absolute atomic E-state index is 11.5. The fourth-order valence-electron chi connectivity index (χ4n) is 1.46. The third-order valence-corrected chi connectivity index (χ3v) is 4.31. The highest BCUT2D eigenvalue weighted by Gasteiger charge is 2.17. The van der Waals surface area contributed by atoms with Gasteiger partial charge in [-0.15, -0.1) is 11.3 Å². The highest BCUT2D eigenvalue weighted by Crippen LogP contribution is 2.34. The molecule has 3 nitrogen and oxygen atoms in total. The molecule has 0 aliphatic carbocycles. The van der Waals surface area contributed by atoms with Crippen molar-refractivity contribution in [3.63, 3.8) is 0 Å². The molecule has 0 aliphatic heterocycles. The molecule has 0 fully saturated rings. The molecule has 0 N–H and O–H groups in total. The zero-order valence-electron chi connectivity index (χ0n) is 9.66. The van der Waals surface area contributed by atoms with Gasteiger partial charge in [0.25, 0.3) is 0 Å². The third kappa shape index (κ3) is 2.58. The van der Waals surface area contributed by atoms with Gasteiger partial charge in [0.05, 0.1) is 17.8 Å². The Balaban J connectivity index is 2.49. The van der Waals surface area contributed by atoms with Gasteiger partial charge in [-0.05, 0) is 25.1 Å². The Morgan fingerprint density at radius 3 is 2.83 bits per heavy atom. The zero-order valence-corrected chi connectivity index (χ0v) is 12.8. The summed E-state index contributed by atoms with van der Waals surface area (Å²) in [4.78, 5) is 16.4. The second-order valence-electron chi connectivity index (χ2n) is 3.55. The second kappa shape index (κ2) is 5.38. The first-order chi connectivity index (χ1) is 8.52. The average molecular weight is 347 g/mol. The molecule has 2 rings (SSSR count). The Labute approximate surface area is 122 Å². The quantitative estimate of drug-likeness (QED) is 0.760. The van der Waals surface area contributed by atoms with Gasteiger partial charge in [0, 0.05) is 10.0 Å². The van der Waals surface area contributed by atoms with Crippen molar-refractivity contribution in [2.24, 2.45) is 0 Å². The standard InChI is InChI=1S/C12H9BrClNO2S/c1-6-10(12(16)17-2)18-11(15-6)8-4-3-7(13)5-9(8)14/h3-5H,1-2H3. The SMILES string of the molecule is COC(=O)c1sc(-c2ccc(Br)cc2Cl)nc1C. The number of esters is 1. The molecular formula is C12H9BrClNO2S. The van der Waals surface area contributed by atoms with E-state index < -0.39 is 0 Å². The third-order valence-electron chi connectivity index (χ3n) is 2.33. The Hall–Kier alpha value is -0.910. The molecule has 2 aromatic rings. The lowest BCUT2D eigenvalue weighted by Crippen LogP contribution is -1.99. The van der Waals surface area contributed by atoms with Crippen LogP contribution in [0.15, 0.2) is 22.7 Å². The van der Waals surface area contributed by atoms with E-state index in [9.17, 15) is 4.79 Å². The van der Waals surface area contributed by atoms with Crippen LogP contribution in [0.3, 0.4) is 0 Å². The van der Waals surface area contributed by atoms with Crippen LogP contribution in [0.1, 0.15) is 15.4 Å². The smallest absolute Gasteiger partial charge is 0.349 e. The van der Waals surface area contributed by atoms with E-state index >= 15 is 0 Å². The minimum Gasteiger partial charge on any atom is -0.465 e. The van der Waals surface area contributed by atoms with Crippen molar-refractivity contribution in [2.45, 2.75) is 6.92 Å². The molecule has 1 aromatic heterocycles. The molecular weight excluding hydrogens is 338 g/mol. The molecule has 0 atom stereocenters. The Morgan fingerprint density at radius 1 is 1.50 bits per heavy atom. The number of halogens is 2. The fourth-order valence-corrected chi connectivity index (χ4v) is 3.30. The van der Waals surface area contributed by atoms with Crippen molar-refractivity contribution in [1.82, 2.24) is 4.98 Å². The van der Waals surface area contributed by atoms with E-state index in [1.165, 1.54) is 18.4 Å². The summed E-state index contributed by atoms with van der Waals surface area (Å²) in [5, 5.41) is 1.31. The van der Waals surface area contributed by atoms with Crippen molar-refractivity contribution < 1.29 is 9.53 Å². The first-order valence-corrected chi connectivity index (χ1v) is 7.03. The van der Waals surface area contributed by atoms with Crippen molar-refractivity contribution >= 4 is 44.8 Å². The lowest BCUT2D eigenvalue weighted by molar-refractivity contribution is 0.0605. The topological polar surface area (TPSA) is 39.2 Å². The lowest BCUT2D eigenvalue weighted by atomic mass is 10.2. The number of benzene rings is 1. The molecule has 0 aliphatic rings. The molecule has 0 saturated heterocycles. The van der Waals surface area contributed by atoms with Gasteiger partial charge >= 0.3 is 5.97 Å².